The molecule has 1 aliphatic heterocycles. The molecule has 174 valence electrons. The van der Waals surface area contributed by atoms with E-state index in [9.17, 15) is 24.8 Å². The number of ketones is 1. The fourth-order valence-electron chi connectivity index (χ4n) is 4.00. The molecule has 1 fully saturated rings. The molecule has 1 saturated heterocycles. The van der Waals surface area contributed by atoms with Crippen molar-refractivity contribution in [3.05, 3.63) is 74.8 Å². The zero-order valence-corrected chi connectivity index (χ0v) is 19.1. The lowest BCUT2D eigenvalue weighted by Crippen LogP contribution is -3.05. The summed E-state index contributed by atoms with van der Waals surface area (Å²) in [5.41, 5.74) is 1.21. The average molecular weight is 453 g/mol. The average Bonchev–Trinajstić information content (AvgIpc) is 3.03. The predicted octanol–water partition coefficient (Wildman–Crippen LogP) is 0.670. The van der Waals surface area contributed by atoms with Crippen molar-refractivity contribution in [2.45, 2.75) is 19.4 Å². The number of ether oxygens (including phenoxy) is 1. The van der Waals surface area contributed by atoms with Crippen LogP contribution in [0.3, 0.4) is 0 Å². The van der Waals surface area contributed by atoms with Crippen molar-refractivity contribution in [1.29, 1.82) is 0 Å². The van der Waals surface area contributed by atoms with Crippen LogP contribution in [0.1, 0.15) is 29.2 Å². The summed E-state index contributed by atoms with van der Waals surface area (Å²) in [6.45, 7) is 2.84. The number of benzene rings is 2. The van der Waals surface area contributed by atoms with E-state index in [2.05, 4.69) is 0 Å². The number of likely N-dealkylation sites (tertiary alicyclic amines) is 1. The van der Waals surface area contributed by atoms with Gasteiger partial charge in [0.1, 0.15) is 5.75 Å². The number of nitrogens with zero attached hydrogens (tertiary/aromatic N) is 2. The van der Waals surface area contributed by atoms with Crippen LogP contribution in [0, 0.1) is 17.0 Å². The second-order valence-corrected chi connectivity index (χ2v) is 8.32. The first-order chi connectivity index (χ1) is 15.6. The lowest BCUT2D eigenvalue weighted by atomic mass is 9.94. The summed E-state index contributed by atoms with van der Waals surface area (Å²) in [6.07, 6.45) is 0.633. The SMILES string of the molecule is COc1ccc(C([O-])=C2C(=O)C(=O)N(CCC[NH+](C)C)C2c2ccc([N+](=O)[O-])cc2)cc1C. The van der Waals surface area contributed by atoms with E-state index in [1.165, 1.54) is 41.2 Å². The molecule has 0 bridgehead atoms. The van der Waals surface area contributed by atoms with Gasteiger partial charge in [0.05, 0.1) is 38.7 Å². The van der Waals surface area contributed by atoms with Gasteiger partial charge in [-0.3, -0.25) is 19.7 Å². The molecule has 0 aromatic heterocycles. The van der Waals surface area contributed by atoms with Gasteiger partial charge in [-0.25, -0.2) is 0 Å². The molecule has 1 heterocycles. The number of carbonyl (C=O) groups excluding carboxylic acids is 2. The third-order valence-electron chi connectivity index (χ3n) is 5.68. The molecule has 1 N–H and O–H groups in total. The van der Waals surface area contributed by atoms with Crippen molar-refractivity contribution in [2.75, 3.05) is 34.3 Å². The van der Waals surface area contributed by atoms with Crippen molar-refractivity contribution >= 4 is 23.1 Å². The van der Waals surface area contributed by atoms with Crippen LogP contribution in [0.2, 0.25) is 0 Å². The lowest BCUT2D eigenvalue weighted by molar-refractivity contribution is -0.858. The van der Waals surface area contributed by atoms with Crippen LogP contribution in [0.5, 0.6) is 5.75 Å². The molecular formula is C24H27N3O6. The van der Waals surface area contributed by atoms with Gasteiger partial charge in [-0.2, -0.15) is 0 Å². The monoisotopic (exact) mass is 453 g/mol. The number of methoxy groups -OCH3 is 1. The van der Waals surface area contributed by atoms with Crippen molar-refractivity contribution in [3.8, 4) is 5.75 Å². The molecule has 1 atom stereocenters. The quantitative estimate of drug-likeness (QED) is 0.206. The Balaban J connectivity index is 2.11. The highest BCUT2D eigenvalue weighted by molar-refractivity contribution is 6.46. The molecule has 1 unspecified atom stereocenters. The normalized spacial score (nSPS) is 17.6. The molecule has 0 radical (unpaired) electrons. The minimum absolute atomic E-state index is 0.115. The first-order valence-corrected chi connectivity index (χ1v) is 10.6. The zero-order chi connectivity index (χ0) is 24.3. The number of aryl methyl sites for hydroxylation is 1. The van der Waals surface area contributed by atoms with Gasteiger partial charge in [-0.1, -0.05) is 11.8 Å². The lowest BCUT2D eigenvalue weighted by Gasteiger charge is -2.27. The molecule has 3 rings (SSSR count). The van der Waals surface area contributed by atoms with Gasteiger partial charge < -0.3 is 19.6 Å². The van der Waals surface area contributed by atoms with E-state index < -0.39 is 28.4 Å². The van der Waals surface area contributed by atoms with Gasteiger partial charge in [0, 0.05) is 30.7 Å². The van der Waals surface area contributed by atoms with Crippen LogP contribution in [-0.2, 0) is 9.59 Å². The number of rotatable bonds is 8. The van der Waals surface area contributed by atoms with Gasteiger partial charge in [0.25, 0.3) is 11.6 Å². The van der Waals surface area contributed by atoms with Crippen molar-refractivity contribution in [3.63, 3.8) is 0 Å². The topological polar surface area (TPSA) is 117 Å². The number of non-ortho nitro benzene ring substituents is 1. The summed E-state index contributed by atoms with van der Waals surface area (Å²) in [5.74, 6) is -1.51. The smallest absolute Gasteiger partial charge is 0.295 e. The maximum atomic E-state index is 13.5. The summed E-state index contributed by atoms with van der Waals surface area (Å²) in [7, 11) is 5.49. The number of nitro benzene ring substituents is 1. The largest absolute Gasteiger partial charge is 0.872 e. The third-order valence-corrected chi connectivity index (χ3v) is 5.68. The first-order valence-electron chi connectivity index (χ1n) is 10.6. The summed E-state index contributed by atoms with van der Waals surface area (Å²) < 4.78 is 5.24. The van der Waals surface area contributed by atoms with E-state index in [4.69, 9.17) is 4.74 Å². The van der Waals surface area contributed by atoms with E-state index in [1.54, 1.807) is 25.1 Å². The molecule has 0 spiro atoms. The maximum Gasteiger partial charge on any atom is 0.295 e. The summed E-state index contributed by atoms with van der Waals surface area (Å²) in [5, 5.41) is 24.5. The molecule has 33 heavy (non-hydrogen) atoms. The fourth-order valence-corrected chi connectivity index (χ4v) is 4.00. The number of amides is 1. The second kappa shape index (κ2) is 9.83. The number of hydrogen-bond acceptors (Lipinski definition) is 6. The van der Waals surface area contributed by atoms with Crippen LogP contribution < -0.4 is 14.7 Å². The molecule has 1 aliphatic rings. The van der Waals surface area contributed by atoms with Crippen LogP contribution in [-0.4, -0.2) is 55.8 Å². The van der Waals surface area contributed by atoms with Crippen LogP contribution in [0.15, 0.2) is 48.0 Å². The van der Waals surface area contributed by atoms with Gasteiger partial charge in [-0.15, -0.1) is 0 Å². The molecule has 1 amide bonds. The van der Waals surface area contributed by atoms with Gasteiger partial charge in [0.2, 0.25) is 5.78 Å². The third kappa shape index (κ3) is 4.88. The summed E-state index contributed by atoms with van der Waals surface area (Å²) >= 11 is 0. The van der Waals surface area contributed by atoms with Gasteiger partial charge >= 0.3 is 0 Å². The Bertz CT molecular complexity index is 1110. The molecule has 9 heteroatoms. The Morgan fingerprint density at radius 3 is 2.36 bits per heavy atom. The summed E-state index contributed by atoms with van der Waals surface area (Å²) in [4.78, 5) is 39.1. The second-order valence-electron chi connectivity index (χ2n) is 8.32. The number of quaternary nitrogens is 1. The van der Waals surface area contributed by atoms with E-state index in [0.29, 0.717) is 17.7 Å². The van der Waals surface area contributed by atoms with E-state index >= 15 is 0 Å². The molecule has 0 aliphatic carbocycles. The number of nitro groups is 1. The Labute approximate surface area is 192 Å². The van der Waals surface area contributed by atoms with Crippen LogP contribution >= 0.6 is 0 Å². The molecule has 2 aromatic rings. The van der Waals surface area contributed by atoms with E-state index in [0.717, 1.165) is 12.1 Å². The number of hydrogen-bond donors (Lipinski definition) is 1. The number of Topliss-reactive ketones (excluding diaryl/α,β-unsaturated/α-hetero) is 1. The maximum absolute atomic E-state index is 13.5. The Hall–Kier alpha value is -3.72. The fraction of sp³-hybridized carbons (Fsp3) is 0.333. The highest BCUT2D eigenvalue weighted by Crippen LogP contribution is 2.39. The minimum Gasteiger partial charge on any atom is -0.872 e. The highest BCUT2D eigenvalue weighted by Gasteiger charge is 2.44. The van der Waals surface area contributed by atoms with Crippen molar-refractivity contribution in [2.24, 2.45) is 0 Å². The number of nitrogens with one attached hydrogen (secondary N) is 1. The zero-order valence-electron chi connectivity index (χ0n) is 19.1. The molecule has 9 nitrogen and oxygen atoms in total. The highest BCUT2D eigenvalue weighted by atomic mass is 16.6. The van der Waals surface area contributed by atoms with E-state index in [-0.39, 0.29) is 23.4 Å². The van der Waals surface area contributed by atoms with E-state index in [1.807, 2.05) is 14.1 Å². The Kier molecular flexibility index (Phi) is 7.13. The van der Waals surface area contributed by atoms with Gasteiger partial charge in [0.15, 0.2) is 0 Å². The number of carbonyl (C=O) groups is 2. The van der Waals surface area contributed by atoms with Crippen LogP contribution in [0.4, 0.5) is 5.69 Å². The molecule has 0 saturated carbocycles. The van der Waals surface area contributed by atoms with Crippen LogP contribution in [0.25, 0.3) is 5.76 Å². The standard InChI is InChI=1S/C24H27N3O6/c1-15-14-17(8-11-19(15)33-4)22(28)20-21(16-6-9-18(10-7-16)27(31)32)26(24(30)23(20)29)13-5-12-25(2)3/h6-11,14,21,28H,5,12-13H2,1-4H3. The van der Waals surface area contributed by atoms with Gasteiger partial charge in [-0.05, 0) is 47.9 Å². The van der Waals surface area contributed by atoms with Crippen molar-refractivity contribution < 1.29 is 29.3 Å². The Morgan fingerprint density at radius 2 is 1.82 bits per heavy atom. The molecule has 2 aromatic carbocycles. The molecular weight excluding hydrogens is 426 g/mol. The minimum atomic E-state index is -0.905. The predicted molar refractivity (Wildman–Crippen MR) is 120 cm³/mol. The van der Waals surface area contributed by atoms with Crippen molar-refractivity contribution in [1.82, 2.24) is 4.90 Å². The first kappa shape index (κ1) is 23.9. The summed E-state index contributed by atoms with van der Waals surface area (Å²) in [6, 6.07) is 9.52. The Morgan fingerprint density at radius 1 is 1.15 bits per heavy atom.